The second kappa shape index (κ2) is 4.80. The number of carbonyl (C=O) groups excluding carboxylic acids is 1. The van der Waals surface area contributed by atoms with Crippen LogP contribution in [0.2, 0.25) is 0 Å². The predicted octanol–water partition coefficient (Wildman–Crippen LogP) is 1.99. The van der Waals surface area contributed by atoms with Crippen molar-refractivity contribution in [3.8, 4) is 0 Å². The van der Waals surface area contributed by atoms with Crippen molar-refractivity contribution in [3.05, 3.63) is 56.6 Å². The van der Waals surface area contributed by atoms with Crippen molar-refractivity contribution >= 4 is 11.5 Å². The van der Waals surface area contributed by atoms with Gasteiger partial charge in [-0.25, -0.2) is 4.99 Å². The van der Waals surface area contributed by atoms with E-state index in [1.54, 1.807) is 6.08 Å². The lowest BCUT2D eigenvalue weighted by molar-refractivity contribution is -0.427. The van der Waals surface area contributed by atoms with Gasteiger partial charge in [0.05, 0.1) is 17.0 Å². The van der Waals surface area contributed by atoms with E-state index in [4.69, 9.17) is 0 Å². The molecule has 1 saturated carbocycles. The Labute approximate surface area is 122 Å². The van der Waals surface area contributed by atoms with Gasteiger partial charge in [-0.2, -0.15) is 0 Å². The first-order valence-electron chi connectivity index (χ1n) is 6.76. The molecule has 1 heterocycles. The van der Waals surface area contributed by atoms with E-state index in [1.165, 1.54) is 6.08 Å². The number of carbonyl (C=O) groups is 1. The summed E-state index contributed by atoms with van der Waals surface area (Å²) in [4.78, 5) is 29.2. The Morgan fingerprint density at radius 2 is 2.05 bits per heavy atom. The van der Waals surface area contributed by atoms with Crippen molar-refractivity contribution in [2.75, 3.05) is 14.1 Å². The molecule has 0 aromatic heterocycles. The Hall–Kier alpha value is -2.50. The highest BCUT2D eigenvalue weighted by atomic mass is 16.6. The summed E-state index contributed by atoms with van der Waals surface area (Å²) >= 11 is 0. The number of ketones is 1. The minimum absolute atomic E-state index is 0.0598. The summed E-state index contributed by atoms with van der Waals surface area (Å²) in [7, 11) is 3.75. The number of hydrogen-bond acceptors (Lipinski definition) is 5. The molecule has 0 bridgehead atoms. The van der Waals surface area contributed by atoms with Gasteiger partial charge < -0.3 is 4.90 Å². The summed E-state index contributed by atoms with van der Waals surface area (Å²) < 4.78 is 0. The third-order valence-corrected chi connectivity index (χ3v) is 3.78. The highest BCUT2D eigenvalue weighted by Crippen LogP contribution is 2.39. The smallest absolute Gasteiger partial charge is 0.250 e. The van der Waals surface area contributed by atoms with Crippen LogP contribution >= 0.6 is 0 Å². The van der Waals surface area contributed by atoms with E-state index in [0.29, 0.717) is 24.3 Å². The molecule has 3 aliphatic rings. The van der Waals surface area contributed by atoms with Crippen LogP contribution in [0.25, 0.3) is 0 Å². The molecule has 3 rings (SSSR count). The summed E-state index contributed by atoms with van der Waals surface area (Å²) in [5.74, 6) is -0.0598. The average molecular weight is 285 g/mol. The average Bonchev–Trinajstić information content (AvgIpc) is 2.80. The zero-order valence-electron chi connectivity index (χ0n) is 11.9. The van der Waals surface area contributed by atoms with Crippen molar-refractivity contribution in [2.45, 2.75) is 19.3 Å². The second-order valence-electron chi connectivity index (χ2n) is 5.51. The molecule has 0 N–H and O–H groups in total. The van der Waals surface area contributed by atoms with E-state index >= 15 is 0 Å². The van der Waals surface area contributed by atoms with E-state index in [0.717, 1.165) is 16.7 Å². The monoisotopic (exact) mass is 285 g/mol. The van der Waals surface area contributed by atoms with E-state index in [1.807, 2.05) is 25.2 Å². The number of rotatable bonds is 2. The molecule has 0 amide bonds. The predicted molar refractivity (Wildman–Crippen MR) is 78.2 cm³/mol. The summed E-state index contributed by atoms with van der Waals surface area (Å²) in [6.45, 7) is 0. The number of aliphatic imine (C=N–C) groups is 1. The number of nitro groups is 1. The van der Waals surface area contributed by atoms with Gasteiger partial charge in [0, 0.05) is 31.9 Å². The summed E-state index contributed by atoms with van der Waals surface area (Å²) in [5.41, 5.74) is 3.79. The van der Waals surface area contributed by atoms with Gasteiger partial charge in [0.15, 0.2) is 0 Å². The fourth-order valence-corrected chi connectivity index (χ4v) is 2.85. The number of nitrogens with zero attached hydrogens (tertiary/aromatic N) is 3. The van der Waals surface area contributed by atoms with Gasteiger partial charge in [0.25, 0.3) is 5.70 Å². The molecule has 0 saturated heterocycles. The Morgan fingerprint density at radius 1 is 1.29 bits per heavy atom. The molecule has 1 aliphatic heterocycles. The molecular formula is C15H15N3O3. The topological polar surface area (TPSA) is 75.8 Å². The molecule has 6 heteroatoms. The number of hydrogen-bond donors (Lipinski definition) is 0. The summed E-state index contributed by atoms with van der Waals surface area (Å²) in [6, 6.07) is 0. The third kappa shape index (κ3) is 2.22. The third-order valence-electron chi connectivity index (χ3n) is 3.78. The fraction of sp³-hybridized carbons (Fsp3) is 0.333. The molecule has 6 nitrogen and oxygen atoms in total. The molecule has 1 fully saturated rings. The van der Waals surface area contributed by atoms with Crippen LogP contribution in [0.15, 0.2) is 51.5 Å². The minimum Gasteiger partial charge on any atom is -0.383 e. The molecule has 0 unspecified atom stereocenters. The highest BCUT2D eigenvalue weighted by Gasteiger charge is 2.36. The van der Waals surface area contributed by atoms with Gasteiger partial charge in [0.2, 0.25) is 5.78 Å². The van der Waals surface area contributed by atoms with Crippen LogP contribution in [0.3, 0.4) is 0 Å². The van der Waals surface area contributed by atoms with Crippen LogP contribution in [0.4, 0.5) is 0 Å². The molecule has 21 heavy (non-hydrogen) atoms. The van der Waals surface area contributed by atoms with Crippen LogP contribution in [0, 0.1) is 10.1 Å². The van der Waals surface area contributed by atoms with E-state index in [9.17, 15) is 14.9 Å². The normalized spacial score (nSPS) is 22.5. The van der Waals surface area contributed by atoms with Gasteiger partial charge in [-0.05, 0) is 30.1 Å². The minimum atomic E-state index is -0.374. The SMILES string of the molecule is CN(C)C=C1CCC2=C3CC([N+](=O)[O-])=CC=C3N=C2C1=O. The van der Waals surface area contributed by atoms with Crippen LogP contribution in [-0.2, 0) is 4.79 Å². The first kappa shape index (κ1) is 13.5. The summed E-state index contributed by atoms with van der Waals surface area (Å²) in [5, 5.41) is 10.9. The van der Waals surface area contributed by atoms with Crippen molar-refractivity contribution in [2.24, 2.45) is 4.99 Å². The Balaban J connectivity index is 1.97. The van der Waals surface area contributed by atoms with Crippen LogP contribution < -0.4 is 0 Å². The maximum atomic E-state index is 12.5. The zero-order chi connectivity index (χ0) is 15.1. The maximum Gasteiger partial charge on any atom is 0.250 e. The van der Waals surface area contributed by atoms with Crippen molar-refractivity contribution in [1.29, 1.82) is 0 Å². The number of allylic oxidation sites excluding steroid dienone is 6. The van der Waals surface area contributed by atoms with Gasteiger partial charge in [0.1, 0.15) is 5.71 Å². The van der Waals surface area contributed by atoms with Crippen molar-refractivity contribution < 1.29 is 9.72 Å². The lowest BCUT2D eigenvalue weighted by Crippen LogP contribution is -2.24. The largest absolute Gasteiger partial charge is 0.383 e. The fourth-order valence-electron chi connectivity index (χ4n) is 2.85. The zero-order valence-corrected chi connectivity index (χ0v) is 11.9. The molecule has 108 valence electrons. The van der Waals surface area contributed by atoms with Gasteiger partial charge >= 0.3 is 0 Å². The Morgan fingerprint density at radius 3 is 2.71 bits per heavy atom. The number of Topliss-reactive ketones (excluding diaryl/α,β-unsaturated/α-hetero) is 1. The molecule has 0 atom stereocenters. The van der Waals surface area contributed by atoms with Crippen LogP contribution in [0.5, 0.6) is 0 Å². The number of fused-ring (bicyclic) bond motifs is 2. The molecule has 0 aromatic carbocycles. The van der Waals surface area contributed by atoms with E-state index in [-0.39, 0.29) is 22.8 Å². The Kier molecular flexibility index (Phi) is 3.08. The molecule has 2 aliphatic carbocycles. The quantitative estimate of drug-likeness (QED) is 0.442. The van der Waals surface area contributed by atoms with Gasteiger partial charge in [-0.15, -0.1) is 0 Å². The Bertz CT molecular complexity index is 706. The lowest BCUT2D eigenvalue weighted by Gasteiger charge is -2.19. The second-order valence-corrected chi connectivity index (χ2v) is 5.51. The highest BCUT2D eigenvalue weighted by molar-refractivity contribution is 6.53. The molecular weight excluding hydrogens is 270 g/mol. The summed E-state index contributed by atoms with van der Waals surface area (Å²) in [6.07, 6.45) is 6.55. The van der Waals surface area contributed by atoms with Gasteiger partial charge in [-0.1, -0.05) is 0 Å². The van der Waals surface area contributed by atoms with Gasteiger partial charge in [-0.3, -0.25) is 14.9 Å². The first-order valence-corrected chi connectivity index (χ1v) is 6.76. The van der Waals surface area contributed by atoms with Crippen molar-refractivity contribution in [1.82, 2.24) is 4.90 Å². The van der Waals surface area contributed by atoms with E-state index in [2.05, 4.69) is 4.99 Å². The molecule has 0 aromatic rings. The first-order chi connectivity index (χ1) is 9.97. The standard InChI is InChI=1S/C15H15N3O3/c1-17(2)8-9-3-5-11-12-7-10(18(20)21)4-6-13(12)16-14(11)15(9)19/h4,6,8H,3,5,7H2,1-2H3. The maximum absolute atomic E-state index is 12.5. The van der Waals surface area contributed by atoms with Crippen molar-refractivity contribution in [3.63, 3.8) is 0 Å². The molecule has 0 radical (unpaired) electrons. The van der Waals surface area contributed by atoms with Crippen LogP contribution in [0.1, 0.15) is 19.3 Å². The molecule has 0 spiro atoms. The van der Waals surface area contributed by atoms with Crippen LogP contribution in [-0.4, -0.2) is 35.4 Å². The lowest BCUT2D eigenvalue weighted by atomic mass is 9.84. The van der Waals surface area contributed by atoms with E-state index < -0.39 is 0 Å².